The lowest BCUT2D eigenvalue weighted by Crippen LogP contribution is -2.27. The average molecular weight is 470 g/mol. The molecule has 0 unspecified atom stereocenters. The lowest BCUT2D eigenvalue weighted by Gasteiger charge is -2.25. The number of anilines is 3. The molecule has 4 rings (SSSR count). The van der Waals surface area contributed by atoms with Crippen LogP contribution in [0, 0.1) is 11.7 Å². The van der Waals surface area contributed by atoms with E-state index in [1.54, 1.807) is 24.3 Å². The molecule has 0 aliphatic heterocycles. The van der Waals surface area contributed by atoms with E-state index in [0.717, 1.165) is 12.5 Å². The molecule has 1 aliphatic rings. The Morgan fingerprint density at radius 3 is 2.85 bits per heavy atom. The summed E-state index contributed by atoms with van der Waals surface area (Å²) >= 11 is 5.88. The lowest BCUT2D eigenvalue weighted by molar-refractivity contribution is -0.111. The Labute approximate surface area is 196 Å². The van der Waals surface area contributed by atoms with Gasteiger partial charge >= 0.3 is 0 Å². The Balaban J connectivity index is 1.50. The molecule has 0 atom stereocenters. The molecular formula is C24H25ClFN5O2. The molecule has 172 valence electrons. The van der Waals surface area contributed by atoms with Crippen LogP contribution in [0.5, 0.6) is 5.75 Å². The second-order valence-corrected chi connectivity index (χ2v) is 8.30. The quantitative estimate of drug-likeness (QED) is 0.300. The minimum atomic E-state index is -0.504. The highest BCUT2D eigenvalue weighted by Gasteiger charge is 2.16. The van der Waals surface area contributed by atoms with Crippen LogP contribution in [0.25, 0.3) is 10.9 Å². The molecule has 0 bridgehead atoms. The molecule has 1 aromatic heterocycles. The van der Waals surface area contributed by atoms with Crippen molar-refractivity contribution in [2.24, 2.45) is 5.92 Å². The van der Waals surface area contributed by atoms with Gasteiger partial charge in [-0.3, -0.25) is 4.79 Å². The third kappa shape index (κ3) is 5.77. The summed E-state index contributed by atoms with van der Waals surface area (Å²) in [5.41, 5.74) is 1.67. The predicted octanol–water partition coefficient (Wildman–Crippen LogP) is 5.06. The van der Waals surface area contributed by atoms with Crippen molar-refractivity contribution in [1.29, 1.82) is 0 Å². The maximum atomic E-state index is 13.5. The molecule has 2 aromatic carbocycles. The van der Waals surface area contributed by atoms with Crippen molar-refractivity contribution in [1.82, 2.24) is 15.3 Å². The number of nitrogens with zero attached hydrogens (tertiary/aromatic N) is 2. The van der Waals surface area contributed by atoms with Crippen LogP contribution < -0.4 is 20.7 Å². The maximum Gasteiger partial charge on any atom is 0.248 e. The fourth-order valence-electron chi connectivity index (χ4n) is 3.57. The summed E-state index contributed by atoms with van der Waals surface area (Å²) in [5.74, 6) is 0.953. The summed E-state index contributed by atoms with van der Waals surface area (Å²) in [6.07, 6.45) is 8.60. The minimum absolute atomic E-state index is 0.00180. The monoisotopic (exact) mass is 469 g/mol. The first-order chi connectivity index (χ1) is 16.0. The molecule has 1 saturated carbocycles. The number of rotatable bonds is 9. The first-order valence-corrected chi connectivity index (χ1v) is 11.1. The number of fused-ring (bicyclic) bond motifs is 1. The zero-order valence-corrected chi connectivity index (χ0v) is 19.0. The van der Waals surface area contributed by atoms with Gasteiger partial charge in [-0.2, -0.15) is 0 Å². The molecule has 33 heavy (non-hydrogen) atoms. The van der Waals surface area contributed by atoms with Crippen molar-refractivity contribution in [3.63, 3.8) is 0 Å². The fourth-order valence-corrected chi connectivity index (χ4v) is 3.75. The number of aromatic nitrogens is 2. The van der Waals surface area contributed by atoms with Crippen LogP contribution in [0.1, 0.15) is 19.3 Å². The van der Waals surface area contributed by atoms with Crippen LogP contribution in [0.3, 0.4) is 0 Å². The molecule has 7 nitrogen and oxygen atoms in total. The second-order valence-electron chi connectivity index (χ2n) is 7.89. The number of nitrogens with one attached hydrogen (secondary N) is 3. The molecule has 1 heterocycles. The maximum absolute atomic E-state index is 13.5. The molecule has 3 aromatic rings. The van der Waals surface area contributed by atoms with E-state index in [2.05, 4.69) is 25.9 Å². The normalized spacial score (nSPS) is 13.8. The predicted molar refractivity (Wildman–Crippen MR) is 129 cm³/mol. The largest absolute Gasteiger partial charge is 0.494 e. The number of carbonyl (C=O) groups excluding carboxylic acids is 1. The highest BCUT2D eigenvalue weighted by atomic mass is 35.5. The van der Waals surface area contributed by atoms with Crippen molar-refractivity contribution in [2.45, 2.75) is 19.3 Å². The van der Waals surface area contributed by atoms with Crippen molar-refractivity contribution in [3.8, 4) is 5.75 Å². The minimum Gasteiger partial charge on any atom is -0.494 e. The van der Waals surface area contributed by atoms with Crippen LogP contribution >= 0.6 is 11.6 Å². The van der Waals surface area contributed by atoms with E-state index in [9.17, 15) is 9.18 Å². The first kappa shape index (κ1) is 22.9. The van der Waals surface area contributed by atoms with Gasteiger partial charge in [-0.15, -0.1) is 0 Å². The van der Waals surface area contributed by atoms with Crippen LogP contribution in [-0.4, -0.2) is 36.1 Å². The van der Waals surface area contributed by atoms with Crippen LogP contribution in [0.2, 0.25) is 5.02 Å². The Morgan fingerprint density at radius 2 is 2.12 bits per heavy atom. The van der Waals surface area contributed by atoms with E-state index in [1.165, 1.54) is 50.9 Å². The molecule has 9 heteroatoms. The Morgan fingerprint density at radius 1 is 1.27 bits per heavy atom. The second kappa shape index (κ2) is 10.6. The van der Waals surface area contributed by atoms with Gasteiger partial charge in [0.2, 0.25) is 5.91 Å². The summed E-state index contributed by atoms with van der Waals surface area (Å²) < 4.78 is 18.9. The molecule has 0 radical (unpaired) electrons. The molecule has 0 spiro atoms. The molecule has 1 aliphatic carbocycles. The highest BCUT2D eigenvalue weighted by molar-refractivity contribution is 6.31. The van der Waals surface area contributed by atoms with Gasteiger partial charge in [-0.25, -0.2) is 14.4 Å². The summed E-state index contributed by atoms with van der Waals surface area (Å²) in [6, 6.07) is 7.77. The zero-order chi connectivity index (χ0) is 23.2. The van der Waals surface area contributed by atoms with Crippen molar-refractivity contribution in [3.05, 3.63) is 59.7 Å². The smallest absolute Gasteiger partial charge is 0.248 e. The number of hydrogen-bond donors (Lipinski definition) is 3. The molecule has 1 fully saturated rings. The summed E-state index contributed by atoms with van der Waals surface area (Å²) in [7, 11) is 1.53. The lowest BCUT2D eigenvalue weighted by atomic mass is 9.85. The third-order valence-corrected chi connectivity index (χ3v) is 5.88. The van der Waals surface area contributed by atoms with Crippen molar-refractivity contribution < 1.29 is 13.9 Å². The van der Waals surface area contributed by atoms with Gasteiger partial charge in [0, 0.05) is 29.8 Å². The van der Waals surface area contributed by atoms with E-state index in [4.69, 9.17) is 16.3 Å². The van der Waals surface area contributed by atoms with Gasteiger partial charge in [-0.05, 0) is 49.6 Å². The van der Waals surface area contributed by atoms with Gasteiger partial charge in [0.05, 0.1) is 23.3 Å². The topological polar surface area (TPSA) is 88.2 Å². The zero-order valence-electron chi connectivity index (χ0n) is 18.2. The van der Waals surface area contributed by atoms with Crippen LogP contribution in [0.4, 0.5) is 21.6 Å². The van der Waals surface area contributed by atoms with Crippen molar-refractivity contribution in [2.75, 3.05) is 30.8 Å². The third-order valence-electron chi connectivity index (χ3n) is 5.59. The van der Waals surface area contributed by atoms with E-state index >= 15 is 0 Å². The van der Waals surface area contributed by atoms with Gasteiger partial charge < -0.3 is 20.7 Å². The summed E-state index contributed by atoms with van der Waals surface area (Å²) in [4.78, 5) is 21.0. The van der Waals surface area contributed by atoms with Crippen LogP contribution in [-0.2, 0) is 4.79 Å². The molecular weight excluding hydrogens is 445 g/mol. The van der Waals surface area contributed by atoms with Crippen LogP contribution in [0.15, 0.2) is 48.8 Å². The van der Waals surface area contributed by atoms with E-state index < -0.39 is 5.82 Å². The van der Waals surface area contributed by atoms with Gasteiger partial charge in [0.1, 0.15) is 23.7 Å². The summed E-state index contributed by atoms with van der Waals surface area (Å²) in [5, 5.41) is 9.97. The van der Waals surface area contributed by atoms with E-state index in [-0.39, 0.29) is 10.9 Å². The van der Waals surface area contributed by atoms with Crippen molar-refractivity contribution >= 4 is 45.6 Å². The highest BCUT2D eigenvalue weighted by Crippen LogP contribution is 2.33. The first-order valence-electron chi connectivity index (χ1n) is 10.8. The van der Waals surface area contributed by atoms with Gasteiger partial charge in [-0.1, -0.05) is 24.1 Å². The number of carbonyl (C=O) groups is 1. The average Bonchev–Trinajstić information content (AvgIpc) is 2.77. The van der Waals surface area contributed by atoms with Gasteiger partial charge in [0.25, 0.3) is 0 Å². The summed E-state index contributed by atoms with van der Waals surface area (Å²) in [6.45, 7) is 1.63. The number of hydrogen-bond acceptors (Lipinski definition) is 6. The Hall–Kier alpha value is -3.23. The number of halogens is 2. The number of methoxy groups -OCH3 is 1. The fraction of sp³-hybridized carbons (Fsp3) is 0.292. The molecule has 3 N–H and O–H groups in total. The number of amides is 1. The van der Waals surface area contributed by atoms with Gasteiger partial charge in [0.15, 0.2) is 0 Å². The standard InChI is InChI=1S/C24H25ClFN5O2/c1-33-22-12-20-17(24(29-14-28-20)30-16-7-8-19(26)18(25)10-16)11-21(22)31-23(32)6-3-9-27-13-15-4-2-5-15/h3,6-8,10-12,14-15,27H,2,4-5,9,13H2,1H3,(H,31,32)(H,28,29,30)/b6-3+. The molecule has 0 saturated heterocycles. The van der Waals surface area contributed by atoms with E-state index in [0.29, 0.717) is 40.4 Å². The molecule has 1 amide bonds. The number of ether oxygens (including phenoxy) is 1. The number of benzene rings is 2. The Kier molecular flexibility index (Phi) is 7.36. The SMILES string of the molecule is COc1cc2ncnc(Nc3ccc(F)c(Cl)c3)c2cc1NC(=O)/C=C/CNCC1CCC1. The Bertz CT molecular complexity index is 1180. The van der Waals surface area contributed by atoms with E-state index in [1.807, 2.05) is 0 Å².